The first-order valence-corrected chi connectivity index (χ1v) is 14.4. The number of nitrogens with zero attached hydrogens (tertiary/aromatic N) is 6. The van der Waals surface area contributed by atoms with Crippen LogP contribution in [0.1, 0.15) is 38.5 Å². The number of allylic oxidation sites excluding steroid dienone is 1. The van der Waals surface area contributed by atoms with Crippen LogP contribution >= 0.6 is 11.6 Å². The number of halogens is 1. The molecule has 1 amide bonds. The predicted octanol–water partition coefficient (Wildman–Crippen LogP) is 4.35. The van der Waals surface area contributed by atoms with Crippen molar-refractivity contribution in [2.75, 3.05) is 61.4 Å². The van der Waals surface area contributed by atoms with Crippen LogP contribution in [0.5, 0.6) is 0 Å². The third kappa shape index (κ3) is 7.00. The zero-order valence-electron chi connectivity index (χ0n) is 22.6. The SMILES string of the molecule is CN1CCN(c2ccc(Nc3ncc(Cl)c(N4CC[C@@H](NC(=O)/C(C#N)=C/C5CCCCC5)C4)n3)cc2)CC1. The largest absolute Gasteiger partial charge is 0.369 e. The summed E-state index contributed by atoms with van der Waals surface area (Å²) >= 11 is 6.49. The Balaban J connectivity index is 1.18. The van der Waals surface area contributed by atoms with Crippen LogP contribution in [0.4, 0.5) is 23.1 Å². The van der Waals surface area contributed by atoms with E-state index in [4.69, 9.17) is 16.6 Å². The van der Waals surface area contributed by atoms with E-state index in [1.807, 2.05) is 18.2 Å². The van der Waals surface area contributed by atoms with Crippen LogP contribution in [-0.2, 0) is 4.79 Å². The second-order valence-corrected chi connectivity index (χ2v) is 11.2. The lowest BCUT2D eigenvalue weighted by Crippen LogP contribution is -2.44. The lowest BCUT2D eigenvalue weighted by atomic mass is 9.88. The Kier molecular flexibility index (Phi) is 8.84. The molecule has 1 aliphatic carbocycles. The minimum Gasteiger partial charge on any atom is -0.369 e. The summed E-state index contributed by atoms with van der Waals surface area (Å²) in [6, 6.07) is 10.4. The van der Waals surface area contributed by atoms with Crippen LogP contribution < -0.4 is 20.4 Å². The van der Waals surface area contributed by atoms with E-state index in [-0.39, 0.29) is 17.5 Å². The highest BCUT2D eigenvalue weighted by Crippen LogP contribution is 2.29. The van der Waals surface area contributed by atoms with Crippen molar-refractivity contribution < 1.29 is 4.79 Å². The molecule has 3 aliphatic rings. The maximum absolute atomic E-state index is 12.8. The minimum atomic E-state index is -0.286. The summed E-state index contributed by atoms with van der Waals surface area (Å²) in [6.45, 7) is 5.47. The van der Waals surface area contributed by atoms with E-state index in [2.05, 4.69) is 55.6 Å². The van der Waals surface area contributed by atoms with Crippen molar-refractivity contribution in [2.24, 2.45) is 5.92 Å². The number of anilines is 4. The lowest BCUT2D eigenvalue weighted by Gasteiger charge is -2.34. The number of hydrogen-bond donors (Lipinski definition) is 2. The van der Waals surface area contributed by atoms with E-state index in [0.29, 0.717) is 35.8 Å². The maximum atomic E-state index is 12.8. The zero-order valence-corrected chi connectivity index (χ0v) is 23.3. The highest BCUT2D eigenvalue weighted by atomic mass is 35.5. The van der Waals surface area contributed by atoms with Crippen molar-refractivity contribution >= 4 is 40.6 Å². The maximum Gasteiger partial charge on any atom is 0.261 e. The smallest absolute Gasteiger partial charge is 0.261 e. The van der Waals surface area contributed by atoms with Gasteiger partial charge in [-0.15, -0.1) is 0 Å². The molecule has 2 aromatic rings. The Morgan fingerprint density at radius 3 is 2.51 bits per heavy atom. The van der Waals surface area contributed by atoms with Crippen LogP contribution in [0.2, 0.25) is 5.02 Å². The Bertz CT molecular complexity index is 1210. The Hall–Kier alpha value is -3.35. The summed E-state index contributed by atoms with van der Waals surface area (Å²) in [5, 5.41) is 16.4. The normalized spacial score (nSPS) is 21.1. The van der Waals surface area contributed by atoms with Gasteiger partial charge in [0.25, 0.3) is 5.91 Å². The van der Waals surface area contributed by atoms with Gasteiger partial charge >= 0.3 is 0 Å². The van der Waals surface area contributed by atoms with Gasteiger partial charge in [-0.05, 0) is 56.5 Å². The number of aromatic nitrogens is 2. The molecular weight excluding hydrogens is 512 g/mol. The van der Waals surface area contributed by atoms with Crippen LogP contribution in [0.15, 0.2) is 42.1 Å². The highest BCUT2D eigenvalue weighted by molar-refractivity contribution is 6.32. The Morgan fingerprint density at radius 2 is 1.79 bits per heavy atom. The first-order valence-electron chi connectivity index (χ1n) is 14.0. The summed E-state index contributed by atoms with van der Waals surface area (Å²) in [6.07, 6.45) is 9.91. The highest BCUT2D eigenvalue weighted by Gasteiger charge is 2.28. The summed E-state index contributed by atoms with van der Waals surface area (Å²) in [5.74, 6) is 1.15. The predicted molar refractivity (Wildman–Crippen MR) is 156 cm³/mol. The van der Waals surface area contributed by atoms with E-state index < -0.39 is 0 Å². The van der Waals surface area contributed by atoms with E-state index in [1.165, 1.54) is 12.1 Å². The van der Waals surface area contributed by atoms with E-state index in [0.717, 1.165) is 64.0 Å². The second kappa shape index (κ2) is 12.7. The van der Waals surface area contributed by atoms with Gasteiger partial charge in [0.05, 0.1) is 6.20 Å². The molecule has 9 nitrogen and oxygen atoms in total. The fraction of sp³-hybridized carbons (Fsp3) is 0.517. The number of nitrogens with one attached hydrogen (secondary N) is 2. The molecule has 2 saturated heterocycles. The molecule has 3 heterocycles. The van der Waals surface area contributed by atoms with E-state index in [1.54, 1.807) is 6.20 Å². The van der Waals surface area contributed by atoms with Crippen molar-refractivity contribution in [3.63, 3.8) is 0 Å². The Morgan fingerprint density at radius 1 is 1.05 bits per heavy atom. The summed E-state index contributed by atoms with van der Waals surface area (Å²) < 4.78 is 0. The number of rotatable bonds is 7. The molecule has 0 radical (unpaired) electrons. The van der Waals surface area contributed by atoms with Gasteiger partial charge in [-0.2, -0.15) is 10.2 Å². The molecule has 0 bridgehead atoms. The molecule has 2 N–H and O–H groups in total. The van der Waals surface area contributed by atoms with Crippen LogP contribution in [0, 0.1) is 17.2 Å². The first-order chi connectivity index (χ1) is 19.0. The topological polar surface area (TPSA) is 100 Å². The van der Waals surface area contributed by atoms with Gasteiger partial charge in [-0.25, -0.2) is 4.98 Å². The third-order valence-corrected chi connectivity index (χ3v) is 8.22. The zero-order chi connectivity index (χ0) is 27.2. The average molecular weight is 549 g/mol. The van der Waals surface area contributed by atoms with Crippen molar-refractivity contribution in [1.82, 2.24) is 20.2 Å². The first kappa shape index (κ1) is 27.2. The molecule has 0 spiro atoms. The molecular formula is C29H37ClN8O. The number of nitriles is 1. The van der Waals surface area contributed by atoms with Gasteiger partial charge in [0.2, 0.25) is 5.95 Å². The number of benzene rings is 1. The summed E-state index contributed by atoms with van der Waals surface area (Å²) in [4.78, 5) is 28.7. The van der Waals surface area contributed by atoms with E-state index in [9.17, 15) is 10.1 Å². The van der Waals surface area contributed by atoms with Gasteiger partial charge in [0.15, 0.2) is 5.82 Å². The average Bonchev–Trinajstić information content (AvgIpc) is 3.42. The number of amides is 1. The van der Waals surface area contributed by atoms with Crippen LogP contribution in [0.3, 0.4) is 0 Å². The number of likely N-dealkylation sites (N-methyl/N-ethyl adjacent to an activating group) is 1. The van der Waals surface area contributed by atoms with Crippen molar-refractivity contribution in [3.8, 4) is 6.07 Å². The number of carbonyl (C=O) groups is 1. The van der Waals surface area contributed by atoms with Gasteiger partial charge in [0.1, 0.15) is 16.7 Å². The molecule has 3 fully saturated rings. The third-order valence-electron chi connectivity index (χ3n) is 7.96. The molecule has 2 aliphatic heterocycles. The molecule has 1 aromatic carbocycles. The Labute approximate surface area is 235 Å². The molecule has 0 unspecified atom stereocenters. The van der Waals surface area contributed by atoms with Crippen molar-refractivity contribution in [3.05, 3.63) is 47.1 Å². The summed E-state index contributed by atoms with van der Waals surface area (Å²) in [5.41, 5.74) is 2.34. The minimum absolute atomic E-state index is 0.0785. The van der Waals surface area contributed by atoms with Gasteiger partial charge in [-0.1, -0.05) is 36.9 Å². The standard InChI is InChI=1S/C29H37ClN8O/c1-36-13-15-37(16-14-36)25-9-7-23(8-10-25)34-29-32-19-26(30)27(35-29)38-12-11-24(20-38)33-28(39)22(18-31)17-21-5-3-2-4-6-21/h7-10,17,19,21,24H,2-6,11-16,20H2,1H3,(H,33,39)(H,32,34,35)/b22-17+/t24-/m1/s1. The van der Waals surface area contributed by atoms with Crippen LogP contribution in [0.25, 0.3) is 0 Å². The monoisotopic (exact) mass is 548 g/mol. The molecule has 5 rings (SSSR count). The van der Waals surface area contributed by atoms with E-state index >= 15 is 0 Å². The van der Waals surface area contributed by atoms with Gasteiger partial charge in [-0.3, -0.25) is 4.79 Å². The molecule has 206 valence electrons. The molecule has 1 atom stereocenters. The molecule has 1 saturated carbocycles. The van der Waals surface area contributed by atoms with Crippen LogP contribution in [-0.4, -0.2) is 73.1 Å². The second-order valence-electron chi connectivity index (χ2n) is 10.8. The number of hydrogen-bond acceptors (Lipinski definition) is 8. The van der Waals surface area contributed by atoms with Crippen molar-refractivity contribution in [1.29, 1.82) is 5.26 Å². The molecule has 39 heavy (non-hydrogen) atoms. The summed E-state index contributed by atoms with van der Waals surface area (Å²) in [7, 11) is 2.16. The lowest BCUT2D eigenvalue weighted by molar-refractivity contribution is -0.117. The van der Waals surface area contributed by atoms with Gasteiger partial charge in [0, 0.05) is 56.7 Å². The quantitative estimate of drug-likeness (QED) is 0.389. The molecule has 10 heteroatoms. The van der Waals surface area contributed by atoms with Crippen molar-refractivity contribution in [2.45, 2.75) is 44.6 Å². The number of piperazine rings is 1. The fourth-order valence-electron chi connectivity index (χ4n) is 5.62. The fourth-order valence-corrected chi connectivity index (χ4v) is 5.83. The molecule has 1 aromatic heterocycles. The van der Waals surface area contributed by atoms with Gasteiger partial charge < -0.3 is 25.3 Å². The number of carbonyl (C=O) groups excluding carboxylic acids is 1.